The number of rotatable bonds is 3. The maximum atomic E-state index is 12.5. The van der Waals surface area contributed by atoms with Crippen LogP contribution in [0.1, 0.15) is 17.0 Å². The van der Waals surface area contributed by atoms with Crippen molar-refractivity contribution in [3.05, 3.63) is 76.1 Å². The number of nitrogens with zero attached hydrogens (tertiary/aromatic N) is 4. The van der Waals surface area contributed by atoms with Gasteiger partial charge >= 0.3 is 0 Å². The Morgan fingerprint density at radius 2 is 1.84 bits per heavy atom. The van der Waals surface area contributed by atoms with Gasteiger partial charge in [0.25, 0.3) is 11.4 Å². The SMILES string of the molecule is Cc1cc(C)cc(-c2nc(Cn3cnc4ccccc4c3=O)no2)c1. The Morgan fingerprint density at radius 3 is 2.64 bits per heavy atom. The molecule has 0 aliphatic rings. The molecule has 6 nitrogen and oxygen atoms in total. The number of aromatic nitrogens is 4. The molecule has 0 atom stereocenters. The van der Waals surface area contributed by atoms with Crippen molar-refractivity contribution in [3.63, 3.8) is 0 Å². The highest BCUT2D eigenvalue weighted by Gasteiger charge is 2.12. The summed E-state index contributed by atoms with van der Waals surface area (Å²) >= 11 is 0. The maximum absolute atomic E-state index is 12.5. The summed E-state index contributed by atoms with van der Waals surface area (Å²) in [6, 6.07) is 13.3. The molecule has 2 aromatic heterocycles. The number of benzene rings is 2. The zero-order chi connectivity index (χ0) is 17.4. The van der Waals surface area contributed by atoms with E-state index in [1.807, 2.05) is 44.2 Å². The summed E-state index contributed by atoms with van der Waals surface area (Å²) in [5.74, 6) is 0.886. The van der Waals surface area contributed by atoms with Crippen LogP contribution in [-0.2, 0) is 6.54 Å². The van der Waals surface area contributed by atoms with Gasteiger partial charge in [-0.05, 0) is 38.1 Å². The van der Waals surface area contributed by atoms with Gasteiger partial charge in [0.1, 0.15) is 0 Å². The van der Waals surface area contributed by atoms with E-state index < -0.39 is 0 Å². The van der Waals surface area contributed by atoms with E-state index in [0.29, 0.717) is 22.6 Å². The van der Waals surface area contributed by atoms with Crippen molar-refractivity contribution in [2.75, 3.05) is 0 Å². The van der Waals surface area contributed by atoms with Gasteiger partial charge in [-0.25, -0.2) is 4.98 Å². The van der Waals surface area contributed by atoms with E-state index in [-0.39, 0.29) is 12.1 Å². The fourth-order valence-corrected chi connectivity index (χ4v) is 2.90. The first-order chi connectivity index (χ1) is 12.1. The first kappa shape index (κ1) is 15.3. The molecule has 124 valence electrons. The summed E-state index contributed by atoms with van der Waals surface area (Å²) in [6.07, 6.45) is 1.51. The second kappa shape index (κ2) is 5.98. The van der Waals surface area contributed by atoms with Gasteiger partial charge in [0, 0.05) is 5.56 Å². The monoisotopic (exact) mass is 332 g/mol. The van der Waals surface area contributed by atoms with Crippen LogP contribution in [-0.4, -0.2) is 19.7 Å². The van der Waals surface area contributed by atoms with Crippen molar-refractivity contribution >= 4 is 10.9 Å². The van der Waals surface area contributed by atoms with Gasteiger partial charge in [0.2, 0.25) is 0 Å². The van der Waals surface area contributed by atoms with Crippen LogP contribution in [0.2, 0.25) is 0 Å². The standard InChI is InChI=1S/C19H16N4O2/c1-12-7-13(2)9-14(8-12)18-21-17(22-25-18)10-23-11-20-16-6-4-3-5-15(16)19(23)24/h3-9,11H,10H2,1-2H3. The average Bonchev–Trinajstić information content (AvgIpc) is 3.05. The van der Waals surface area contributed by atoms with Crippen LogP contribution < -0.4 is 5.56 Å². The molecule has 2 heterocycles. The van der Waals surface area contributed by atoms with Crippen LogP contribution in [0.15, 0.2) is 58.1 Å². The van der Waals surface area contributed by atoms with Crippen molar-refractivity contribution in [2.24, 2.45) is 0 Å². The van der Waals surface area contributed by atoms with E-state index in [9.17, 15) is 4.79 Å². The third-order valence-corrected chi connectivity index (χ3v) is 3.98. The number of para-hydroxylation sites is 1. The fourth-order valence-electron chi connectivity index (χ4n) is 2.90. The molecule has 0 fully saturated rings. The second-order valence-electron chi connectivity index (χ2n) is 6.09. The summed E-state index contributed by atoms with van der Waals surface area (Å²) < 4.78 is 6.85. The lowest BCUT2D eigenvalue weighted by Gasteiger charge is -2.03. The predicted molar refractivity (Wildman–Crippen MR) is 94.3 cm³/mol. The summed E-state index contributed by atoms with van der Waals surface area (Å²) in [5.41, 5.74) is 3.69. The Morgan fingerprint density at radius 1 is 1.08 bits per heavy atom. The van der Waals surface area contributed by atoms with Crippen LogP contribution in [0.4, 0.5) is 0 Å². The van der Waals surface area contributed by atoms with Gasteiger partial charge in [-0.2, -0.15) is 4.98 Å². The van der Waals surface area contributed by atoms with Crippen molar-refractivity contribution in [3.8, 4) is 11.5 Å². The Hall–Kier alpha value is -3.28. The van der Waals surface area contributed by atoms with Crippen LogP contribution >= 0.6 is 0 Å². The van der Waals surface area contributed by atoms with E-state index in [1.165, 1.54) is 10.9 Å². The normalized spacial score (nSPS) is 11.1. The number of fused-ring (bicyclic) bond motifs is 1. The molecule has 0 aliphatic heterocycles. The van der Waals surface area contributed by atoms with E-state index in [1.54, 1.807) is 6.07 Å². The molecule has 6 heteroatoms. The minimum absolute atomic E-state index is 0.122. The highest BCUT2D eigenvalue weighted by molar-refractivity contribution is 5.76. The first-order valence-electron chi connectivity index (χ1n) is 7.95. The maximum Gasteiger partial charge on any atom is 0.261 e. The molecule has 2 aromatic carbocycles. The van der Waals surface area contributed by atoms with E-state index >= 15 is 0 Å². The van der Waals surface area contributed by atoms with Crippen molar-refractivity contribution in [1.82, 2.24) is 19.7 Å². The molecular weight excluding hydrogens is 316 g/mol. The highest BCUT2D eigenvalue weighted by atomic mass is 16.5. The van der Waals surface area contributed by atoms with Gasteiger partial charge in [0.05, 0.1) is 23.8 Å². The zero-order valence-corrected chi connectivity index (χ0v) is 13.9. The molecule has 0 saturated heterocycles. The van der Waals surface area contributed by atoms with Gasteiger partial charge in [-0.3, -0.25) is 9.36 Å². The molecule has 0 spiro atoms. The van der Waals surface area contributed by atoms with E-state index in [0.717, 1.165) is 16.7 Å². The lowest BCUT2D eigenvalue weighted by molar-refractivity contribution is 0.420. The zero-order valence-electron chi connectivity index (χ0n) is 13.9. The lowest BCUT2D eigenvalue weighted by atomic mass is 10.1. The molecule has 0 N–H and O–H groups in total. The van der Waals surface area contributed by atoms with E-state index in [4.69, 9.17) is 4.52 Å². The van der Waals surface area contributed by atoms with Crippen LogP contribution in [0.3, 0.4) is 0 Å². The Kier molecular flexibility index (Phi) is 3.65. The van der Waals surface area contributed by atoms with Crippen molar-refractivity contribution < 1.29 is 4.52 Å². The van der Waals surface area contributed by atoms with Crippen LogP contribution in [0.25, 0.3) is 22.4 Å². The van der Waals surface area contributed by atoms with Gasteiger partial charge in [-0.15, -0.1) is 0 Å². The fraction of sp³-hybridized carbons (Fsp3) is 0.158. The highest BCUT2D eigenvalue weighted by Crippen LogP contribution is 2.20. The molecule has 0 aliphatic carbocycles. The molecule has 0 amide bonds. The summed E-state index contributed by atoms with van der Waals surface area (Å²) in [6.45, 7) is 4.26. The molecular formula is C19H16N4O2. The van der Waals surface area contributed by atoms with Gasteiger partial charge in [0.15, 0.2) is 5.82 Å². The van der Waals surface area contributed by atoms with Gasteiger partial charge < -0.3 is 4.52 Å². The summed E-state index contributed by atoms with van der Waals surface area (Å²) in [4.78, 5) is 21.3. The minimum Gasteiger partial charge on any atom is -0.334 e. The largest absolute Gasteiger partial charge is 0.334 e. The number of aryl methyl sites for hydroxylation is 2. The second-order valence-corrected chi connectivity index (χ2v) is 6.09. The smallest absolute Gasteiger partial charge is 0.261 e. The minimum atomic E-state index is -0.122. The van der Waals surface area contributed by atoms with Crippen molar-refractivity contribution in [2.45, 2.75) is 20.4 Å². The third kappa shape index (κ3) is 2.94. The molecule has 4 aromatic rings. The predicted octanol–water partition coefficient (Wildman–Crippen LogP) is 3.11. The Bertz CT molecular complexity index is 1110. The molecule has 0 saturated carbocycles. The lowest BCUT2D eigenvalue weighted by Crippen LogP contribution is -2.21. The Balaban J connectivity index is 1.68. The van der Waals surface area contributed by atoms with Crippen LogP contribution in [0.5, 0.6) is 0 Å². The molecule has 4 rings (SSSR count). The van der Waals surface area contributed by atoms with Crippen LogP contribution in [0, 0.1) is 13.8 Å². The number of hydrogen-bond donors (Lipinski definition) is 0. The first-order valence-corrected chi connectivity index (χ1v) is 7.95. The topological polar surface area (TPSA) is 73.8 Å². The molecule has 0 unspecified atom stereocenters. The Labute approximate surface area is 143 Å². The van der Waals surface area contributed by atoms with E-state index in [2.05, 4.69) is 21.2 Å². The summed E-state index contributed by atoms with van der Waals surface area (Å²) in [5, 5.41) is 4.57. The molecule has 25 heavy (non-hydrogen) atoms. The number of hydrogen-bond acceptors (Lipinski definition) is 5. The van der Waals surface area contributed by atoms with Gasteiger partial charge in [-0.1, -0.05) is 34.5 Å². The molecule has 0 radical (unpaired) electrons. The quantitative estimate of drug-likeness (QED) is 0.576. The van der Waals surface area contributed by atoms with Crippen molar-refractivity contribution in [1.29, 1.82) is 0 Å². The molecule has 0 bridgehead atoms. The summed E-state index contributed by atoms with van der Waals surface area (Å²) in [7, 11) is 0. The average molecular weight is 332 g/mol. The third-order valence-electron chi connectivity index (χ3n) is 3.98.